The van der Waals surface area contributed by atoms with Crippen LogP contribution >= 0.6 is 0 Å². The van der Waals surface area contributed by atoms with E-state index in [9.17, 15) is 4.79 Å². The summed E-state index contributed by atoms with van der Waals surface area (Å²) in [5, 5.41) is 3.00. The van der Waals surface area contributed by atoms with E-state index < -0.39 is 0 Å². The van der Waals surface area contributed by atoms with Crippen LogP contribution in [0.15, 0.2) is 48.5 Å². The van der Waals surface area contributed by atoms with Crippen LogP contribution in [0.3, 0.4) is 0 Å². The highest BCUT2D eigenvalue weighted by atomic mass is 16.1. The summed E-state index contributed by atoms with van der Waals surface area (Å²) in [6.45, 7) is 6.74. The molecule has 5 heteroatoms. The van der Waals surface area contributed by atoms with Crippen molar-refractivity contribution in [3.8, 4) is 0 Å². The standard InChI is InChI=1S/C23H24N4O/c1-15-10-11-16(2)19(13-15)25-22(28)20-14-17(3)24-23(26-20)27-12-6-8-18-7-4-5-9-21(18)27/h4-5,7,9-11,13-14H,6,8,12H2,1-3H3,(H,25,28). The zero-order valence-corrected chi connectivity index (χ0v) is 16.5. The van der Waals surface area contributed by atoms with Crippen molar-refractivity contribution in [1.29, 1.82) is 0 Å². The van der Waals surface area contributed by atoms with Crippen LogP contribution in [0.2, 0.25) is 0 Å². The number of para-hydroxylation sites is 1. The van der Waals surface area contributed by atoms with Gasteiger partial charge in [-0.15, -0.1) is 0 Å². The second-order valence-corrected chi connectivity index (χ2v) is 7.35. The Hall–Kier alpha value is -3.21. The Kier molecular flexibility index (Phi) is 4.82. The van der Waals surface area contributed by atoms with Crippen LogP contribution in [0, 0.1) is 20.8 Å². The number of nitrogens with one attached hydrogen (secondary N) is 1. The summed E-state index contributed by atoms with van der Waals surface area (Å²) in [5.74, 6) is 0.365. The van der Waals surface area contributed by atoms with E-state index in [-0.39, 0.29) is 5.91 Å². The fraction of sp³-hybridized carbons (Fsp3) is 0.261. The molecule has 1 aliphatic heterocycles. The van der Waals surface area contributed by atoms with E-state index in [2.05, 4.69) is 38.4 Å². The maximum absolute atomic E-state index is 12.9. The molecule has 0 spiro atoms. The lowest BCUT2D eigenvalue weighted by molar-refractivity contribution is 0.102. The van der Waals surface area contributed by atoms with Crippen molar-refractivity contribution in [3.05, 3.63) is 76.6 Å². The summed E-state index contributed by atoms with van der Waals surface area (Å²) in [6.07, 6.45) is 2.09. The second-order valence-electron chi connectivity index (χ2n) is 7.35. The molecule has 1 N–H and O–H groups in total. The van der Waals surface area contributed by atoms with Crippen molar-refractivity contribution >= 4 is 23.2 Å². The zero-order valence-electron chi connectivity index (χ0n) is 16.5. The molecule has 0 saturated heterocycles. The van der Waals surface area contributed by atoms with Gasteiger partial charge in [0.25, 0.3) is 5.91 Å². The van der Waals surface area contributed by atoms with E-state index in [1.165, 1.54) is 5.56 Å². The van der Waals surface area contributed by atoms with Gasteiger partial charge < -0.3 is 10.2 Å². The molecule has 0 bridgehead atoms. The molecule has 0 aliphatic carbocycles. The van der Waals surface area contributed by atoms with Crippen LogP contribution in [0.25, 0.3) is 0 Å². The molecule has 0 unspecified atom stereocenters. The summed E-state index contributed by atoms with van der Waals surface area (Å²) < 4.78 is 0. The number of hydrogen-bond donors (Lipinski definition) is 1. The summed E-state index contributed by atoms with van der Waals surface area (Å²) >= 11 is 0. The fourth-order valence-corrected chi connectivity index (χ4v) is 3.59. The van der Waals surface area contributed by atoms with Crippen LogP contribution in [-0.2, 0) is 6.42 Å². The molecule has 0 saturated carbocycles. The molecule has 1 aliphatic rings. The van der Waals surface area contributed by atoms with Gasteiger partial charge in [0.05, 0.1) is 0 Å². The SMILES string of the molecule is Cc1ccc(C)c(NC(=O)c2cc(C)nc(N3CCCc4ccccc43)n2)c1. The van der Waals surface area contributed by atoms with Crippen LogP contribution < -0.4 is 10.2 Å². The molecular formula is C23H24N4O. The first-order valence-electron chi connectivity index (χ1n) is 9.61. The Bertz CT molecular complexity index is 1040. The Morgan fingerprint density at radius 2 is 1.86 bits per heavy atom. The topological polar surface area (TPSA) is 58.1 Å². The normalized spacial score (nSPS) is 13.2. The molecule has 2 aromatic carbocycles. The predicted octanol–water partition coefficient (Wildman–Crippen LogP) is 4.74. The smallest absolute Gasteiger partial charge is 0.274 e. The number of anilines is 3. The van der Waals surface area contributed by atoms with Gasteiger partial charge in [-0.2, -0.15) is 0 Å². The van der Waals surface area contributed by atoms with Gasteiger partial charge >= 0.3 is 0 Å². The Balaban J connectivity index is 1.66. The number of aryl methyl sites for hydroxylation is 4. The number of amides is 1. The number of hydrogen-bond acceptors (Lipinski definition) is 4. The monoisotopic (exact) mass is 372 g/mol. The average Bonchev–Trinajstić information content (AvgIpc) is 2.70. The Morgan fingerprint density at radius 1 is 1.04 bits per heavy atom. The van der Waals surface area contributed by atoms with Crippen molar-refractivity contribution < 1.29 is 4.79 Å². The highest BCUT2D eigenvalue weighted by Gasteiger charge is 2.22. The van der Waals surface area contributed by atoms with Crippen molar-refractivity contribution in [3.63, 3.8) is 0 Å². The van der Waals surface area contributed by atoms with Crippen LogP contribution in [0.1, 0.15) is 39.3 Å². The molecule has 0 atom stereocenters. The third-order valence-electron chi connectivity index (χ3n) is 5.07. The van der Waals surface area contributed by atoms with Crippen molar-refractivity contribution in [2.75, 3.05) is 16.8 Å². The number of nitrogens with zero attached hydrogens (tertiary/aromatic N) is 3. The van der Waals surface area contributed by atoms with Crippen molar-refractivity contribution in [1.82, 2.24) is 9.97 Å². The van der Waals surface area contributed by atoms with Crippen molar-refractivity contribution in [2.24, 2.45) is 0 Å². The lowest BCUT2D eigenvalue weighted by Gasteiger charge is -2.29. The first kappa shape index (κ1) is 18.2. The summed E-state index contributed by atoms with van der Waals surface area (Å²) in [7, 11) is 0. The van der Waals surface area contributed by atoms with Gasteiger partial charge in [-0.05, 0) is 68.5 Å². The molecule has 2 heterocycles. The molecule has 3 aromatic rings. The van der Waals surface area contributed by atoms with E-state index >= 15 is 0 Å². The number of carbonyl (C=O) groups is 1. The number of aromatic nitrogens is 2. The van der Waals surface area contributed by atoms with E-state index in [0.717, 1.165) is 47.6 Å². The highest BCUT2D eigenvalue weighted by Crippen LogP contribution is 2.31. The van der Waals surface area contributed by atoms with Crippen LogP contribution in [0.4, 0.5) is 17.3 Å². The fourth-order valence-electron chi connectivity index (χ4n) is 3.59. The first-order valence-corrected chi connectivity index (χ1v) is 9.61. The number of carbonyl (C=O) groups excluding carboxylic acids is 1. The minimum Gasteiger partial charge on any atom is -0.320 e. The van der Waals surface area contributed by atoms with Crippen LogP contribution in [0.5, 0.6) is 0 Å². The Morgan fingerprint density at radius 3 is 2.71 bits per heavy atom. The molecule has 1 aromatic heterocycles. The molecule has 0 fully saturated rings. The van der Waals surface area contributed by atoms with Gasteiger partial charge in [-0.1, -0.05) is 30.3 Å². The van der Waals surface area contributed by atoms with E-state index in [1.54, 1.807) is 6.07 Å². The van der Waals surface area contributed by atoms with E-state index in [4.69, 9.17) is 0 Å². The minimum absolute atomic E-state index is 0.217. The first-order chi connectivity index (χ1) is 13.5. The molecule has 142 valence electrons. The third-order valence-corrected chi connectivity index (χ3v) is 5.07. The van der Waals surface area contributed by atoms with Gasteiger partial charge in [0.2, 0.25) is 5.95 Å². The quantitative estimate of drug-likeness (QED) is 0.721. The van der Waals surface area contributed by atoms with Crippen LogP contribution in [-0.4, -0.2) is 22.4 Å². The summed E-state index contributed by atoms with van der Waals surface area (Å²) in [5.41, 5.74) is 6.51. The molecular weight excluding hydrogens is 348 g/mol. The summed E-state index contributed by atoms with van der Waals surface area (Å²) in [4.78, 5) is 24.2. The van der Waals surface area contributed by atoms with Crippen molar-refractivity contribution in [2.45, 2.75) is 33.6 Å². The van der Waals surface area contributed by atoms with E-state index in [1.807, 2.05) is 45.0 Å². The highest BCUT2D eigenvalue weighted by molar-refractivity contribution is 6.03. The molecule has 1 amide bonds. The lowest BCUT2D eigenvalue weighted by Crippen LogP contribution is -2.27. The summed E-state index contributed by atoms with van der Waals surface area (Å²) in [6, 6.07) is 16.1. The third kappa shape index (κ3) is 3.60. The van der Waals surface area contributed by atoms with Gasteiger partial charge in [0, 0.05) is 23.6 Å². The Labute approximate surface area is 165 Å². The minimum atomic E-state index is -0.217. The average molecular weight is 372 g/mol. The van der Waals surface area contributed by atoms with Gasteiger partial charge in [-0.3, -0.25) is 4.79 Å². The largest absolute Gasteiger partial charge is 0.320 e. The maximum atomic E-state index is 12.9. The maximum Gasteiger partial charge on any atom is 0.274 e. The lowest BCUT2D eigenvalue weighted by atomic mass is 10.0. The van der Waals surface area contributed by atoms with Gasteiger partial charge in [-0.25, -0.2) is 9.97 Å². The number of rotatable bonds is 3. The predicted molar refractivity (Wildman–Crippen MR) is 112 cm³/mol. The zero-order chi connectivity index (χ0) is 19.7. The number of fused-ring (bicyclic) bond motifs is 1. The molecule has 28 heavy (non-hydrogen) atoms. The van der Waals surface area contributed by atoms with Gasteiger partial charge in [0.1, 0.15) is 5.69 Å². The number of benzene rings is 2. The molecule has 0 radical (unpaired) electrons. The molecule has 5 nitrogen and oxygen atoms in total. The van der Waals surface area contributed by atoms with Gasteiger partial charge in [0.15, 0.2) is 0 Å². The van der Waals surface area contributed by atoms with E-state index in [0.29, 0.717) is 11.6 Å². The molecule has 4 rings (SSSR count). The second kappa shape index (κ2) is 7.43.